The van der Waals surface area contributed by atoms with E-state index in [1.54, 1.807) is 27.6 Å². The number of nitrogens with zero attached hydrogens (tertiary/aromatic N) is 2. The van der Waals surface area contributed by atoms with Gasteiger partial charge in [-0.15, -0.1) is 11.3 Å². The summed E-state index contributed by atoms with van der Waals surface area (Å²) in [6, 6.07) is 10.4. The van der Waals surface area contributed by atoms with Crippen LogP contribution in [0.1, 0.15) is 17.0 Å². The van der Waals surface area contributed by atoms with E-state index < -0.39 is 0 Å². The molecule has 1 aliphatic heterocycles. The first-order chi connectivity index (χ1) is 12.3. The van der Waals surface area contributed by atoms with Gasteiger partial charge in [-0.25, -0.2) is 4.98 Å². The summed E-state index contributed by atoms with van der Waals surface area (Å²) in [6.45, 7) is 4.92. The maximum atomic E-state index is 12.5. The van der Waals surface area contributed by atoms with E-state index in [1.807, 2.05) is 23.1 Å². The van der Waals surface area contributed by atoms with Crippen molar-refractivity contribution in [3.8, 4) is 0 Å². The lowest BCUT2D eigenvalue weighted by atomic mass is 10.2. The average molecular weight is 373 g/mol. The Labute approximate surface area is 155 Å². The van der Waals surface area contributed by atoms with Gasteiger partial charge in [0.15, 0.2) is 0 Å². The summed E-state index contributed by atoms with van der Waals surface area (Å²) < 4.78 is 1.20. The Balaban J connectivity index is 1.26. The third-order valence-corrected chi connectivity index (χ3v) is 6.58. The van der Waals surface area contributed by atoms with Gasteiger partial charge in [0, 0.05) is 18.4 Å². The highest BCUT2D eigenvalue weighted by Gasteiger charge is 2.23. The molecule has 1 amide bonds. The van der Waals surface area contributed by atoms with E-state index in [4.69, 9.17) is 0 Å². The van der Waals surface area contributed by atoms with E-state index in [2.05, 4.69) is 27.9 Å². The van der Waals surface area contributed by atoms with Crippen LogP contribution in [0.15, 0.2) is 41.1 Å². The van der Waals surface area contributed by atoms with Crippen LogP contribution in [0.25, 0.3) is 10.2 Å². The van der Waals surface area contributed by atoms with E-state index in [0.29, 0.717) is 6.42 Å². The molecule has 3 heterocycles. The number of thiophene rings is 1. The molecule has 0 bridgehead atoms. The summed E-state index contributed by atoms with van der Waals surface area (Å²) in [6.07, 6.45) is 1.32. The smallest absolute Gasteiger partial charge is 0.223 e. The van der Waals surface area contributed by atoms with Crippen LogP contribution in [-0.4, -0.2) is 42.0 Å². The molecule has 1 N–H and O–H groups in total. The lowest BCUT2D eigenvalue weighted by molar-refractivity contribution is -0.917. The number of benzene rings is 1. The topological polar surface area (TPSA) is 37.6 Å². The average Bonchev–Trinajstić information content (AvgIpc) is 3.29. The van der Waals surface area contributed by atoms with Crippen molar-refractivity contribution in [3.63, 3.8) is 0 Å². The SMILES string of the molecule is O=C(CCc1nc2ccccc2s1)N1CC[NH+](Cc2ccsc2)CC1. The lowest BCUT2D eigenvalue weighted by Crippen LogP contribution is -3.13. The Kier molecular flexibility index (Phi) is 5.10. The van der Waals surface area contributed by atoms with Gasteiger partial charge in [0.25, 0.3) is 0 Å². The van der Waals surface area contributed by atoms with Crippen molar-refractivity contribution in [2.45, 2.75) is 19.4 Å². The zero-order valence-corrected chi connectivity index (χ0v) is 15.7. The van der Waals surface area contributed by atoms with Crippen molar-refractivity contribution >= 4 is 38.8 Å². The van der Waals surface area contributed by atoms with Crippen molar-refractivity contribution in [1.82, 2.24) is 9.88 Å². The number of aromatic nitrogens is 1. The van der Waals surface area contributed by atoms with E-state index >= 15 is 0 Å². The number of rotatable bonds is 5. The van der Waals surface area contributed by atoms with Crippen LogP contribution in [0.4, 0.5) is 0 Å². The molecule has 4 nitrogen and oxygen atoms in total. The highest BCUT2D eigenvalue weighted by Crippen LogP contribution is 2.22. The first-order valence-corrected chi connectivity index (χ1v) is 10.5. The highest BCUT2D eigenvalue weighted by molar-refractivity contribution is 7.18. The first-order valence-electron chi connectivity index (χ1n) is 8.75. The minimum atomic E-state index is 0.272. The van der Waals surface area contributed by atoms with Gasteiger partial charge in [-0.3, -0.25) is 4.79 Å². The highest BCUT2D eigenvalue weighted by atomic mass is 32.1. The Morgan fingerprint density at radius 2 is 2.04 bits per heavy atom. The quantitative estimate of drug-likeness (QED) is 0.746. The van der Waals surface area contributed by atoms with Crippen LogP contribution in [0.3, 0.4) is 0 Å². The van der Waals surface area contributed by atoms with Crippen LogP contribution in [-0.2, 0) is 17.8 Å². The van der Waals surface area contributed by atoms with E-state index in [0.717, 1.165) is 49.7 Å². The van der Waals surface area contributed by atoms with Crippen molar-refractivity contribution in [1.29, 1.82) is 0 Å². The van der Waals surface area contributed by atoms with Crippen LogP contribution < -0.4 is 4.90 Å². The normalized spacial score (nSPS) is 15.8. The second kappa shape index (κ2) is 7.64. The third kappa shape index (κ3) is 4.08. The number of thiazole rings is 1. The Morgan fingerprint density at radius 3 is 2.80 bits per heavy atom. The predicted molar refractivity (Wildman–Crippen MR) is 103 cm³/mol. The number of para-hydroxylation sites is 1. The largest absolute Gasteiger partial charge is 0.331 e. The lowest BCUT2D eigenvalue weighted by Gasteiger charge is -2.32. The minimum Gasteiger partial charge on any atom is -0.331 e. The number of fused-ring (bicyclic) bond motifs is 1. The van der Waals surface area contributed by atoms with E-state index in [9.17, 15) is 4.79 Å². The molecule has 0 saturated carbocycles. The zero-order chi connectivity index (χ0) is 17.1. The van der Waals surface area contributed by atoms with Gasteiger partial charge in [-0.05, 0) is 29.0 Å². The summed E-state index contributed by atoms with van der Waals surface area (Å²) in [5.41, 5.74) is 2.45. The molecule has 4 rings (SSSR count). The molecule has 0 radical (unpaired) electrons. The number of hydrogen-bond donors (Lipinski definition) is 1. The molecule has 1 fully saturated rings. The van der Waals surface area contributed by atoms with Crippen molar-refractivity contribution in [3.05, 3.63) is 51.7 Å². The van der Waals surface area contributed by atoms with Gasteiger partial charge in [-0.1, -0.05) is 12.1 Å². The first kappa shape index (κ1) is 16.7. The van der Waals surface area contributed by atoms with Crippen molar-refractivity contribution in [2.75, 3.05) is 26.2 Å². The number of amides is 1. The molecule has 1 aliphatic rings. The Hall–Kier alpha value is -1.76. The molecule has 1 saturated heterocycles. The Bertz CT molecular complexity index is 802. The fourth-order valence-electron chi connectivity index (χ4n) is 3.33. The number of piperazine rings is 1. The monoisotopic (exact) mass is 372 g/mol. The molecule has 0 unspecified atom stereocenters. The number of aryl methyl sites for hydroxylation is 1. The molecule has 130 valence electrons. The van der Waals surface area contributed by atoms with Gasteiger partial charge in [-0.2, -0.15) is 11.3 Å². The Morgan fingerprint density at radius 1 is 1.20 bits per heavy atom. The van der Waals surface area contributed by atoms with Gasteiger partial charge < -0.3 is 9.80 Å². The van der Waals surface area contributed by atoms with E-state index in [-0.39, 0.29) is 5.91 Å². The predicted octanol–water partition coefficient (Wildman–Crippen LogP) is 2.22. The van der Waals surface area contributed by atoms with E-state index in [1.165, 1.54) is 10.3 Å². The molecule has 1 aromatic carbocycles. The third-order valence-electron chi connectivity index (χ3n) is 4.75. The summed E-state index contributed by atoms with van der Waals surface area (Å²) in [5.74, 6) is 0.272. The molecular weight excluding hydrogens is 350 g/mol. The molecule has 0 spiro atoms. The van der Waals surface area contributed by atoms with Crippen molar-refractivity contribution in [2.24, 2.45) is 0 Å². The van der Waals surface area contributed by atoms with Gasteiger partial charge >= 0.3 is 0 Å². The van der Waals surface area contributed by atoms with Gasteiger partial charge in [0.1, 0.15) is 6.54 Å². The second-order valence-corrected chi connectivity index (χ2v) is 8.41. The molecule has 3 aromatic rings. The second-order valence-electron chi connectivity index (χ2n) is 6.51. The zero-order valence-electron chi connectivity index (χ0n) is 14.1. The summed E-state index contributed by atoms with van der Waals surface area (Å²) >= 11 is 3.46. The molecule has 0 aliphatic carbocycles. The number of carbonyl (C=O) groups is 1. The fourth-order valence-corrected chi connectivity index (χ4v) is 4.97. The van der Waals surface area contributed by atoms with Crippen LogP contribution in [0, 0.1) is 0 Å². The maximum absolute atomic E-state index is 12.5. The number of quaternary nitrogens is 1. The number of hydrogen-bond acceptors (Lipinski definition) is 4. The van der Waals surface area contributed by atoms with Gasteiger partial charge in [0.05, 0.1) is 41.4 Å². The van der Waals surface area contributed by atoms with Gasteiger partial charge in [0.2, 0.25) is 5.91 Å². The summed E-state index contributed by atoms with van der Waals surface area (Å²) in [4.78, 5) is 20.7. The molecule has 25 heavy (non-hydrogen) atoms. The number of nitrogens with one attached hydrogen (secondary N) is 1. The standard InChI is InChI=1S/C19H21N3OS2/c23-19(6-5-18-20-16-3-1-2-4-17(16)25-18)22-10-8-21(9-11-22)13-15-7-12-24-14-15/h1-4,7,12,14H,5-6,8-11,13H2/p+1. The van der Waals surface area contributed by atoms with Crippen LogP contribution in [0.5, 0.6) is 0 Å². The molecule has 0 atom stereocenters. The summed E-state index contributed by atoms with van der Waals surface area (Å²) in [5, 5.41) is 5.43. The molecule has 6 heteroatoms. The van der Waals surface area contributed by atoms with Crippen LogP contribution in [0.2, 0.25) is 0 Å². The van der Waals surface area contributed by atoms with Crippen molar-refractivity contribution < 1.29 is 9.69 Å². The fraction of sp³-hybridized carbons (Fsp3) is 0.368. The minimum absolute atomic E-state index is 0.272. The molecular formula is C19H22N3OS2+. The summed E-state index contributed by atoms with van der Waals surface area (Å²) in [7, 11) is 0. The maximum Gasteiger partial charge on any atom is 0.223 e. The molecule has 2 aromatic heterocycles. The van der Waals surface area contributed by atoms with Crippen LogP contribution >= 0.6 is 22.7 Å². The number of carbonyl (C=O) groups excluding carboxylic acids is 1.